The molecule has 0 spiro atoms. The second kappa shape index (κ2) is 15.0. The standard InChI is InChI=1S/C40H49FN6O7/c1-39(2,3)54-37(51)43-31-14-9-7-5-4-6-8-12-26-19-40(26,34(48)18-32-28(20-42-45-32)24-15-16-24)44-35(49)33-17-27(22-47(33)36(31)50)53-38(52)46-21-25-11-10-13-30(41)29(25)23-46/h6,10-13,20,24,26-27,31,33H,4-5,7,9,14-19,21-23H2,1-3H3,(H,42,45)(H,43,51)(H,44,49)/t8?,26-,27-,31+,33+,40-/m1/s1. The molecule has 3 fully saturated rings. The van der Waals surface area contributed by atoms with Crippen molar-refractivity contribution < 1.29 is 37.8 Å². The zero-order valence-electron chi connectivity index (χ0n) is 31.1. The van der Waals surface area contributed by atoms with Gasteiger partial charge in [-0.2, -0.15) is 5.10 Å². The quantitative estimate of drug-likeness (QED) is 0.344. The fourth-order valence-corrected chi connectivity index (χ4v) is 7.90. The number of halogens is 1. The maximum absolute atomic E-state index is 14.5. The molecule has 1 aromatic heterocycles. The molecule has 14 heteroatoms. The lowest BCUT2D eigenvalue weighted by Gasteiger charge is -2.30. The third-order valence-electron chi connectivity index (χ3n) is 11.0. The largest absolute Gasteiger partial charge is 0.444 e. The lowest BCUT2D eigenvalue weighted by Crippen LogP contribution is -2.56. The van der Waals surface area contributed by atoms with Crippen LogP contribution in [0.1, 0.15) is 107 Å². The summed E-state index contributed by atoms with van der Waals surface area (Å²) < 4.78 is 25.9. The topological polar surface area (TPSA) is 163 Å². The fourth-order valence-electron chi connectivity index (χ4n) is 7.90. The van der Waals surface area contributed by atoms with E-state index in [2.05, 4.69) is 26.6 Å². The van der Waals surface area contributed by atoms with Crippen LogP contribution in [0.4, 0.5) is 14.0 Å². The van der Waals surface area contributed by atoms with Gasteiger partial charge in [0.05, 0.1) is 25.7 Å². The molecule has 0 unspecified atom stereocenters. The van der Waals surface area contributed by atoms with Crippen LogP contribution in [0.5, 0.6) is 0 Å². The van der Waals surface area contributed by atoms with Gasteiger partial charge in [0.15, 0.2) is 5.78 Å². The number of carbonyl (C=O) groups is 5. The molecule has 3 N–H and O–H groups in total. The fraction of sp³-hybridized carbons (Fsp3) is 0.575. The van der Waals surface area contributed by atoms with Crippen molar-refractivity contribution in [3.63, 3.8) is 0 Å². The van der Waals surface area contributed by atoms with Crippen LogP contribution in [0.2, 0.25) is 0 Å². The summed E-state index contributed by atoms with van der Waals surface area (Å²) in [5, 5.41) is 13.0. The minimum Gasteiger partial charge on any atom is -0.444 e. The van der Waals surface area contributed by atoms with Crippen molar-refractivity contribution >= 4 is 29.8 Å². The Morgan fingerprint density at radius 3 is 2.69 bits per heavy atom. The van der Waals surface area contributed by atoms with Gasteiger partial charge in [0, 0.05) is 30.1 Å². The monoisotopic (exact) mass is 744 g/mol. The molecule has 0 radical (unpaired) electrons. The first-order valence-corrected chi connectivity index (χ1v) is 19.1. The molecule has 1 saturated heterocycles. The SMILES string of the molecule is CC(C)(C)OC(=O)N[C@H]1CCCCCC=C=C[C@@H]2C[C@@]2(C(=O)Cc2[nH]ncc2C2CC2)NC(=O)[C@@H]2C[C@@H](OC(=O)N3Cc4cccc(F)c4C3)CN2C1=O. The summed E-state index contributed by atoms with van der Waals surface area (Å²) in [7, 11) is 0. The summed E-state index contributed by atoms with van der Waals surface area (Å²) in [6.45, 7) is 5.27. The summed E-state index contributed by atoms with van der Waals surface area (Å²) in [4.78, 5) is 72.2. The average molecular weight is 745 g/mol. The van der Waals surface area contributed by atoms with Gasteiger partial charge in [-0.1, -0.05) is 25.0 Å². The van der Waals surface area contributed by atoms with Crippen LogP contribution >= 0.6 is 0 Å². The zero-order valence-corrected chi connectivity index (χ0v) is 31.1. The number of Topliss-reactive ketones (excluding diaryl/α,β-unsaturated/α-hetero) is 1. The van der Waals surface area contributed by atoms with E-state index in [9.17, 15) is 28.4 Å². The molecule has 7 rings (SSSR count). The number of fused-ring (bicyclic) bond motifs is 3. The van der Waals surface area contributed by atoms with E-state index in [1.807, 2.05) is 12.2 Å². The van der Waals surface area contributed by atoms with Crippen molar-refractivity contribution in [2.75, 3.05) is 6.54 Å². The minimum absolute atomic E-state index is 0.0331. The Balaban J connectivity index is 1.14. The number of H-pyrrole nitrogens is 1. The molecule has 5 atom stereocenters. The number of ether oxygens (including phenoxy) is 2. The van der Waals surface area contributed by atoms with E-state index in [-0.39, 0.29) is 44.2 Å². The van der Waals surface area contributed by atoms with Crippen LogP contribution in [0.3, 0.4) is 0 Å². The lowest BCUT2D eigenvalue weighted by molar-refractivity contribution is -0.141. The van der Waals surface area contributed by atoms with Gasteiger partial charge < -0.3 is 25.0 Å². The Morgan fingerprint density at radius 2 is 1.93 bits per heavy atom. The number of alkyl carbamates (subject to hydrolysis) is 1. The number of rotatable bonds is 6. The second-order valence-electron chi connectivity index (χ2n) is 16.3. The second-order valence-corrected chi connectivity index (χ2v) is 16.3. The number of benzene rings is 1. The highest BCUT2D eigenvalue weighted by molar-refractivity contribution is 6.00. The summed E-state index contributed by atoms with van der Waals surface area (Å²) in [6.07, 6.45) is 8.96. The molecule has 4 heterocycles. The third-order valence-corrected chi connectivity index (χ3v) is 11.0. The molecule has 2 saturated carbocycles. The molecule has 4 amide bonds. The number of hydrogen-bond donors (Lipinski definition) is 3. The van der Waals surface area contributed by atoms with Gasteiger partial charge in [-0.15, -0.1) is 5.73 Å². The molecule has 288 valence electrons. The lowest BCUT2D eigenvalue weighted by atomic mass is 9.99. The van der Waals surface area contributed by atoms with Gasteiger partial charge in [-0.25, -0.2) is 14.0 Å². The Labute approximate surface area is 314 Å². The van der Waals surface area contributed by atoms with Crippen molar-refractivity contribution in [3.05, 3.63) is 70.5 Å². The number of carbonyl (C=O) groups excluding carboxylic acids is 5. The average Bonchev–Trinajstić information content (AvgIpc) is 3.88. The normalized spacial score (nSPS) is 27.1. The van der Waals surface area contributed by atoms with Gasteiger partial charge in [0.25, 0.3) is 0 Å². The Bertz CT molecular complexity index is 1880. The maximum Gasteiger partial charge on any atom is 0.410 e. The maximum atomic E-state index is 14.5. The van der Waals surface area contributed by atoms with Gasteiger partial charge in [-0.3, -0.25) is 24.4 Å². The van der Waals surface area contributed by atoms with Crippen LogP contribution < -0.4 is 10.6 Å². The van der Waals surface area contributed by atoms with Crippen LogP contribution in [-0.2, 0) is 43.4 Å². The van der Waals surface area contributed by atoms with Crippen molar-refractivity contribution in [1.82, 2.24) is 30.6 Å². The molecule has 13 nitrogen and oxygen atoms in total. The third kappa shape index (κ3) is 8.23. The van der Waals surface area contributed by atoms with E-state index < -0.39 is 59.1 Å². The first kappa shape index (κ1) is 37.3. The number of ketones is 1. The van der Waals surface area contributed by atoms with E-state index in [4.69, 9.17) is 9.47 Å². The molecular weight excluding hydrogens is 695 g/mol. The minimum atomic E-state index is -1.22. The van der Waals surface area contributed by atoms with Gasteiger partial charge in [0.2, 0.25) is 11.8 Å². The number of nitrogens with zero attached hydrogens (tertiary/aromatic N) is 3. The molecule has 2 aromatic rings. The smallest absolute Gasteiger partial charge is 0.410 e. The van der Waals surface area contributed by atoms with Crippen LogP contribution in [0.15, 0.2) is 42.3 Å². The summed E-state index contributed by atoms with van der Waals surface area (Å²) >= 11 is 0. The molecule has 5 aliphatic rings. The molecule has 2 aliphatic carbocycles. The number of amides is 4. The Hall–Kier alpha value is -4.97. The van der Waals surface area contributed by atoms with E-state index in [0.717, 1.165) is 43.4 Å². The van der Waals surface area contributed by atoms with E-state index in [1.54, 1.807) is 39.1 Å². The predicted octanol–water partition coefficient (Wildman–Crippen LogP) is 5.10. The molecule has 1 aromatic carbocycles. The molecule has 0 bridgehead atoms. The van der Waals surface area contributed by atoms with Gasteiger partial charge >= 0.3 is 12.2 Å². The van der Waals surface area contributed by atoms with Crippen LogP contribution in [0.25, 0.3) is 0 Å². The van der Waals surface area contributed by atoms with Crippen molar-refractivity contribution in [2.45, 2.75) is 133 Å². The van der Waals surface area contributed by atoms with Crippen LogP contribution in [-0.4, -0.2) is 85.7 Å². The highest BCUT2D eigenvalue weighted by Gasteiger charge is 2.60. The summed E-state index contributed by atoms with van der Waals surface area (Å²) in [5.74, 6) is -1.57. The molecular formula is C40H49FN6O7. The molecule has 3 aliphatic heterocycles. The zero-order chi connectivity index (χ0) is 38.2. The number of nitrogens with one attached hydrogen (secondary N) is 3. The van der Waals surface area contributed by atoms with Gasteiger partial charge in [0.1, 0.15) is 35.1 Å². The van der Waals surface area contributed by atoms with Crippen LogP contribution in [0, 0.1) is 11.7 Å². The highest BCUT2D eigenvalue weighted by Crippen LogP contribution is 2.47. The van der Waals surface area contributed by atoms with E-state index >= 15 is 0 Å². The number of aromatic amines is 1. The molecule has 54 heavy (non-hydrogen) atoms. The first-order valence-electron chi connectivity index (χ1n) is 19.1. The van der Waals surface area contributed by atoms with Gasteiger partial charge in [-0.05, 0) is 94.6 Å². The number of hydrogen-bond acceptors (Lipinski definition) is 8. The van der Waals surface area contributed by atoms with E-state index in [0.29, 0.717) is 36.3 Å². The summed E-state index contributed by atoms with van der Waals surface area (Å²) in [6, 6.07) is 2.56. The predicted molar refractivity (Wildman–Crippen MR) is 193 cm³/mol. The summed E-state index contributed by atoms with van der Waals surface area (Å²) in [5.41, 5.74) is 4.08. The Kier molecular flexibility index (Phi) is 10.4. The highest BCUT2D eigenvalue weighted by atomic mass is 19.1. The number of aromatic nitrogens is 2. The first-order chi connectivity index (χ1) is 25.8. The Morgan fingerprint density at radius 1 is 1.11 bits per heavy atom. The van der Waals surface area contributed by atoms with E-state index in [1.165, 1.54) is 15.9 Å². The van der Waals surface area contributed by atoms with Crippen molar-refractivity contribution in [3.8, 4) is 0 Å². The van der Waals surface area contributed by atoms with Crippen molar-refractivity contribution in [2.24, 2.45) is 5.92 Å². The van der Waals surface area contributed by atoms with Crippen molar-refractivity contribution in [1.29, 1.82) is 0 Å².